The normalized spacial score (nSPS) is 10.6. The van der Waals surface area contributed by atoms with Crippen molar-refractivity contribution in [1.29, 1.82) is 0 Å². The van der Waals surface area contributed by atoms with Crippen LogP contribution in [0.4, 0.5) is 0 Å². The second-order valence-corrected chi connectivity index (χ2v) is 6.36. The van der Waals surface area contributed by atoms with Gasteiger partial charge in [-0.2, -0.15) is 0 Å². The molecule has 6 nitrogen and oxygen atoms in total. The topological polar surface area (TPSA) is 59.1 Å². The van der Waals surface area contributed by atoms with Gasteiger partial charge in [0.2, 0.25) is 5.91 Å². The van der Waals surface area contributed by atoms with Crippen LogP contribution in [0.5, 0.6) is 5.75 Å². The minimum absolute atomic E-state index is 0.0599. The highest BCUT2D eigenvalue weighted by atomic mass is 16.5. The molecule has 0 saturated heterocycles. The van der Waals surface area contributed by atoms with E-state index in [1.54, 1.807) is 11.8 Å². The summed E-state index contributed by atoms with van der Waals surface area (Å²) in [5.41, 5.74) is 0. The van der Waals surface area contributed by atoms with Crippen LogP contribution in [0.3, 0.4) is 0 Å². The van der Waals surface area contributed by atoms with E-state index >= 15 is 0 Å². The molecular weight excluding hydrogens is 332 g/mol. The minimum atomic E-state index is -0.259. The van der Waals surface area contributed by atoms with E-state index in [4.69, 9.17) is 9.47 Å². The molecule has 26 heavy (non-hydrogen) atoms. The molecule has 0 spiro atoms. The van der Waals surface area contributed by atoms with Gasteiger partial charge in [0.1, 0.15) is 5.75 Å². The number of carbonyl (C=O) groups is 2. The fourth-order valence-corrected chi connectivity index (χ4v) is 2.49. The van der Waals surface area contributed by atoms with Crippen LogP contribution in [0.25, 0.3) is 0 Å². The lowest BCUT2D eigenvalue weighted by molar-refractivity contribution is -0.144. The van der Waals surface area contributed by atoms with Crippen LogP contribution in [0.1, 0.15) is 32.6 Å². The summed E-state index contributed by atoms with van der Waals surface area (Å²) in [4.78, 5) is 27.9. The van der Waals surface area contributed by atoms with Crippen molar-refractivity contribution in [2.24, 2.45) is 0 Å². The van der Waals surface area contributed by atoms with Gasteiger partial charge in [-0.3, -0.25) is 9.59 Å². The summed E-state index contributed by atoms with van der Waals surface area (Å²) in [5, 5.41) is 0. The number of amides is 1. The molecule has 1 rings (SSSR count). The molecule has 0 N–H and O–H groups in total. The van der Waals surface area contributed by atoms with Crippen LogP contribution in [0.15, 0.2) is 30.3 Å². The van der Waals surface area contributed by atoms with Crippen molar-refractivity contribution in [3.05, 3.63) is 30.3 Å². The highest BCUT2D eigenvalue weighted by Crippen LogP contribution is 2.09. The van der Waals surface area contributed by atoms with Crippen LogP contribution in [0, 0.1) is 0 Å². The van der Waals surface area contributed by atoms with Crippen LogP contribution >= 0.6 is 0 Å². The molecule has 6 heteroatoms. The highest BCUT2D eigenvalue weighted by Gasteiger charge is 2.15. The fourth-order valence-electron chi connectivity index (χ4n) is 2.49. The predicted molar refractivity (Wildman–Crippen MR) is 102 cm³/mol. The van der Waals surface area contributed by atoms with Crippen LogP contribution in [-0.4, -0.2) is 68.6 Å². The summed E-state index contributed by atoms with van der Waals surface area (Å²) in [5.74, 6) is 0.611. The Bertz CT molecular complexity index is 520. The van der Waals surface area contributed by atoms with Crippen molar-refractivity contribution in [3.63, 3.8) is 0 Å². The van der Waals surface area contributed by atoms with Crippen molar-refractivity contribution in [2.75, 3.05) is 46.9 Å². The number of hydrogen-bond donors (Lipinski definition) is 0. The van der Waals surface area contributed by atoms with Crippen molar-refractivity contribution < 1.29 is 19.1 Å². The Kier molecular flexibility index (Phi) is 11.1. The van der Waals surface area contributed by atoms with Gasteiger partial charge in [-0.25, -0.2) is 0 Å². The van der Waals surface area contributed by atoms with Crippen LogP contribution < -0.4 is 4.74 Å². The van der Waals surface area contributed by atoms with Gasteiger partial charge in [0.05, 0.1) is 19.6 Å². The number of esters is 1. The van der Waals surface area contributed by atoms with Crippen LogP contribution in [-0.2, 0) is 14.3 Å². The zero-order valence-corrected chi connectivity index (χ0v) is 16.3. The Hall–Kier alpha value is -2.08. The van der Waals surface area contributed by atoms with E-state index < -0.39 is 0 Å². The summed E-state index contributed by atoms with van der Waals surface area (Å²) in [7, 11) is 4.01. The fraction of sp³-hybridized carbons (Fsp3) is 0.600. The Morgan fingerprint density at radius 3 is 2.35 bits per heavy atom. The first-order valence-electron chi connectivity index (χ1n) is 9.29. The van der Waals surface area contributed by atoms with E-state index in [0.717, 1.165) is 18.7 Å². The van der Waals surface area contributed by atoms with E-state index in [-0.39, 0.29) is 18.3 Å². The SMILES string of the molecule is CCOC(=O)CCN(CCCN(C)C)C(=O)CCCOc1ccccc1. The van der Waals surface area contributed by atoms with Gasteiger partial charge in [-0.15, -0.1) is 0 Å². The molecule has 1 aromatic rings. The number of nitrogens with zero attached hydrogens (tertiary/aromatic N) is 2. The monoisotopic (exact) mass is 364 g/mol. The Morgan fingerprint density at radius 2 is 1.69 bits per heavy atom. The molecule has 0 aromatic heterocycles. The molecule has 0 aliphatic carbocycles. The number of para-hydroxylation sites is 1. The predicted octanol–water partition coefficient (Wildman–Crippen LogP) is 2.58. The van der Waals surface area contributed by atoms with Gasteiger partial charge in [0, 0.05) is 19.5 Å². The molecule has 0 fully saturated rings. The van der Waals surface area contributed by atoms with Gasteiger partial charge in [-0.1, -0.05) is 18.2 Å². The van der Waals surface area contributed by atoms with Gasteiger partial charge < -0.3 is 19.3 Å². The van der Waals surface area contributed by atoms with Crippen molar-refractivity contribution in [2.45, 2.75) is 32.6 Å². The molecule has 1 amide bonds. The maximum atomic E-state index is 12.5. The largest absolute Gasteiger partial charge is 0.494 e. The average molecular weight is 364 g/mol. The lowest BCUT2D eigenvalue weighted by Gasteiger charge is -2.23. The van der Waals surface area contributed by atoms with Crippen molar-refractivity contribution >= 4 is 11.9 Å². The molecule has 0 radical (unpaired) electrons. The summed E-state index contributed by atoms with van der Waals surface area (Å²) in [6.07, 6.45) is 2.18. The third kappa shape index (κ3) is 10.0. The first-order valence-corrected chi connectivity index (χ1v) is 9.29. The summed E-state index contributed by atoms with van der Waals surface area (Å²) in [6, 6.07) is 9.57. The van der Waals surface area contributed by atoms with E-state index in [2.05, 4.69) is 4.90 Å². The second-order valence-electron chi connectivity index (χ2n) is 6.36. The maximum Gasteiger partial charge on any atom is 0.307 e. The minimum Gasteiger partial charge on any atom is -0.494 e. The Labute approximate surface area is 157 Å². The number of hydrogen-bond acceptors (Lipinski definition) is 5. The molecular formula is C20H32N2O4. The Balaban J connectivity index is 2.38. The third-order valence-electron chi connectivity index (χ3n) is 3.82. The molecule has 0 aliphatic heterocycles. The molecule has 1 aromatic carbocycles. The third-order valence-corrected chi connectivity index (χ3v) is 3.82. The zero-order chi connectivity index (χ0) is 19.2. The molecule has 0 unspecified atom stereocenters. The van der Waals surface area contributed by atoms with E-state index in [9.17, 15) is 9.59 Å². The Morgan fingerprint density at radius 1 is 0.962 bits per heavy atom. The summed E-state index contributed by atoms with van der Waals surface area (Å²) >= 11 is 0. The molecule has 0 bridgehead atoms. The molecule has 0 atom stereocenters. The molecule has 0 saturated carbocycles. The molecule has 0 heterocycles. The van der Waals surface area contributed by atoms with Crippen molar-refractivity contribution in [3.8, 4) is 5.75 Å². The number of ether oxygens (including phenoxy) is 2. The van der Waals surface area contributed by atoms with E-state index in [1.807, 2.05) is 44.4 Å². The lowest BCUT2D eigenvalue weighted by atomic mass is 10.2. The first-order chi connectivity index (χ1) is 12.5. The standard InChI is InChI=1S/C20H32N2O4/c1-4-25-20(24)13-16-22(15-9-14-21(2)3)19(23)12-8-17-26-18-10-6-5-7-11-18/h5-7,10-11H,4,8-9,12-17H2,1-3H3. The first kappa shape index (κ1) is 22.0. The quantitative estimate of drug-likeness (QED) is 0.398. The highest BCUT2D eigenvalue weighted by molar-refractivity contribution is 5.77. The van der Waals surface area contributed by atoms with Crippen LogP contribution in [0.2, 0.25) is 0 Å². The smallest absolute Gasteiger partial charge is 0.307 e. The summed E-state index contributed by atoms with van der Waals surface area (Å²) in [6.45, 7) is 4.61. The number of benzene rings is 1. The van der Waals surface area contributed by atoms with E-state index in [0.29, 0.717) is 39.1 Å². The van der Waals surface area contributed by atoms with Gasteiger partial charge in [-0.05, 0) is 52.5 Å². The van der Waals surface area contributed by atoms with Gasteiger partial charge >= 0.3 is 5.97 Å². The summed E-state index contributed by atoms with van der Waals surface area (Å²) < 4.78 is 10.6. The second kappa shape index (κ2) is 13.2. The maximum absolute atomic E-state index is 12.5. The number of carbonyl (C=O) groups excluding carboxylic acids is 2. The number of rotatable bonds is 13. The van der Waals surface area contributed by atoms with E-state index in [1.165, 1.54) is 0 Å². The lowest BCUT2D eigenvalue weighted by Crippen LogP contribution is -2.35. The molecule has 146 valence electrons. The van der Waals surface area contributed by atoms with Gasteiger partial charge in [0.25, 0.3) is 0 Å². The zero-order valence-electron chi connectivity index (χ0n) is 16.3. The van der Waals surface area contributed by atoms with Gasteiger partial charge in [0.15, 0.2) is 0 Å². The van der Waals surface area contributed by atoms with Crippen molar-refractivity contribution in [1.82, 2.24) is 9.80 Å². The average Bonchev–Trinajstić information content (AvgIpc) is 2.62. The molecule has 0 aliphatic rings.